The SMILES string of the molecule is O=C(NCCN1CCN2c3ccc(F)cc3Cc3ccccc3[C@H]2C1)[C@@H]1CSC(c2cccnc2)N1. The molecule has 0 radical (unpaired) electrons. The van der Waals surface area contributed by atoms with E-state index in [4.69, 9.17) is 0 Å². The topological polar surface area (TPSA) is 60.5 Å². The van der Waals surface area contributed by atoms with Crippen LogP contribution in [-0.2, 0) is 11.2 Å². The Morgan fingerprint density at radius 2 is 2.06 bits per heavy atom. The number of halogens is 1. The van der Waals surface area contributed by atoms with Crippen LogP contribution in [0, 0.1) is 5.82 Å². The zero-order chi connectivity index (χ0) is 24.5. The lowest BCUT2D eigenvalue weighted by atomic mass is 9.96. The molecule has 0 aliphatic carbocycles. The number of piperazine rings is 1. The molecule has 1 aromatic heterocycles. The van der Waals surface area contributed by atoms with Gasteiger partial charge in [-0.2, -0.15) is 0 Å². The smallest absolute Gasteiger partial charge is 0.238 e. The number of thioether (sulfide) groups is 1. The number of aromatic nitrogens is 1. The Morgan fingerprint density at radius 1 is 1.14 bits per heavy atom. The summed E-state index contributed by atoms with van der Waals surface area (Å²) in [5, 5.41) is 6.68. The molecular weight excluding hydrogens is 473 g/mol. The van der Waals surface area contributed by atoms with Crippen molar-refractivity contribution >= 4 is 23.4 Å². The third kappa shape index (κ3) is 4.73. The first-order valence-electron chi connectivity index (χ1n) is 12.6. The maximum absolute atomic E-state index is 14.0. The summed E-state index contributed by atoms with van der Waals surface area (Å²) in [6.07, 6.45) is 4.36. The third-order valence-electron chi connectivity index (χ3n) is 7.42. The van der Waals surface area contributed by atoms with Crippen LogP contribution in [0.5, 0.6) is 0 Å². The number of amides is 1. The number of carbonyl (C=O) groups excluding carboxylic acids is 1. The van der Waals surface area contributed by atoms with E-state index in [1.54, 1.807) is 30.1 Å². The zero-order valence-corrected chi connectivity index (χ0v) is 20.9. The van der Waals surface area contributed by atoms with Crippen LogP contribution in [0.3, 0.4) is 0 Å². The van der Waals surface area contributed by atoms with Crippen LogP contribution in [0.2, 0.25) is 0 Å². The highest BCUT2D eigenvalue weighted by Gasteiger charge is 2.34. The van der Waals surface area contributed by atoms with Gasteiger partial charge in [-0.1, -0.05) is 30.3 Å². The van der Waals surface area contributed by atoms with Crippen LogP contribution < -0.4 is 15.5 Å². The molecule has 0 spiro atoms. The average Bonchev–Trinajstić information content (AvgIpc) is 3.36. The molecular formula is C28H30FN5OS. The van der Waals surface area contributed by atoms with E-state index in [-0.39, 0.29) is 29.2 Å². The molecule has 1 unspecified atom stereocenters. The second-order valence-electron chi connectivity index (χ2n) is 9.67. The minimum absolute atomic E-state index is 0.0586. The summed E-state index contributed by atoms with van der Waals surface area (Å²) in [6.45, 7) is 4.09. The van der Waals surface area contributed by atoms with Gasteiger partial charge < -0.3 is 10.2 Å². The van der Waals surface area contributed by atoms with E-state index in [0.717, 1.165) is 55.2 Å². The summed E-state index contributed by atoms with van der Waals surface area (Å²) in [7, 11) is 0. The third-order valence-corrected chi connectivity index (χ3v) is 8.69. The minimum atomic E-state index is -0.192. The van der Waals surface area contributed by atoms with Gasteiger partial charge in [0.2, 0.25) is 5.91 Å². The number of carbonyl (C=O) groups is 1. The molecule has 2 saturated heterocycles. The Kier molecular flexibility index (Phi) is 6.65. The molecule has 3 aromatic rings. The van der Waals surface area contributed by atoms with E-state index in [2.05, 4.69) is 49.7 Å². The maximum atomic E-state index is 14.0. The lowest BCUT2D eigenvalue weighted by molar-refractivity contribution is -0.122. The molecule has 2 fully saturated rings. The van der Waals surface area contributed by atoms with Gasteiger partial charge in [-0.15, -0.1) is 11.8 Å². The first kappa shape index (κ1) is 23.5. The number of anilines is 1. The van der Waals surface area contributed by atoms with E-state index in [9.17, 15) is 9.18 Å². The fourth-order valence-electron chi connectivity index (χ4n) is 5.61. The summed E-state index contributed by atoms with van der Waals surface area (Å²) in [4.78, 5) is 21.9. The van der Waals surface area contributed by atoms with Crippen molar-refractivity contribution in [3.8, 4) is 0 Å². The van der Waals surface area contributed by atoms with E-state index in [1.165, 1.54) is 11.1 Å². The highest BCUT2D eigenvalue weighted by Crippen LogP contribution is 2.39. The Balaban J connectivity index is 1.08. The molecule has 2 N–H and O–H groups in total. The van der Waals surface area contributed by atoms with E-state index in [0.29, 0.717) is 6.54 Å². The van der Waals surface area contributed by atoms with Gasteiger partial charge in [0.1, 0.15) is 5.82 Å². The van der Waals surface area contributed by atoms with E-state index in [1.807, 2.05) is 24.4 Å². The van der Waals surface area contributed by atoms with Crippen molar-refractivity contribution in [2.24, 2.45) is 0 Å². The van der Waals surface area contributed by atoms with Gasteiger partial charge in [-0.3, -0.25) is 20.0 Å². The number of fused-ring (bicyclic) bond motifs is 5. The second-order valence-corrected chi connectivity index (χ2v) is 10.8. The van der Waals surface area contributed by atoms with E-state index < -0.39 is 0 Å². The lowest BCUT2D eigenvalue weighted by Crippen LogP contribution is -2.51. The summed E-state index contributed by atoms with van der Waals surface area (Å²) < 4.78 is 14.0. The number of benzene rings is 2. The Hall–Kier alpha value is -2.94. The number of hydrogen-bond donors (Lipinski definition) is 2. The van der Waals surface area contributed by atoms with Gasteiger partial charge in [0.15, 0.2) is 0 Å². The molecule has 3 atom stereocenters. The van der Waals surface area contributed by atoms with Gasteiger partial charge in [-0.05, 0) is 52.9 Å². The summed E-state index contributed by atoms with van der Waals surface area (Å²) in [5.41, 5.74) is 5.87. The first-order valence-corrected chi connectivity index (χ1v) is 13.6. The van der Waals surface area contributed by atoms with Crippen molar-refractivity contribution in [2.75, 3.05) is 43.4 Å². The van der Waals surface area contributed by atoms with Gasteiger partial charge in [0.05, 0.1) is 17.5 Å². The molecule has 4 heterocycles. The Labute approximate surface area is 215 Å². The van der Waals surface area contributed by atoms with Crippen molar-refractivity contribution in [3.63, 3.8) is 0 Å². The summed E-state index contributed by atoms with van der Waals surface area (Å²) in [5.74, 6) is 0.632. The molecule has 8 heteroatoms. The molecule has 3 aliphatic heterocycles. The predicted octanol–water partition coefficient (Wildman–Crippen LogP) is 3.51. The molecule has 0 saturated carbocycles. The molecule has 6 nitrogen and oxygen atoms in total. The number of pyridine rings is 1. The summed E-state index contributed by atoms with van der Waals surface area (Å²) >= 11 is 1.75. The van der Waals surface area contributed by atoms with Crippen molar-refractivity contribution < 1.29 is 9.18 Å². The molecule has 0 bridgehead atoms. The first-order chi connectivity index (χ1) is 17.7. The zero-order valence-electron chi connectivity index (χ0n) is 20.1. The largest absolute Gasteiger partial charge is 0.362 e. The van der Waals surface area contributed by atoms with Gasteiger partial charge in [0, 0.05) is 56.6 Å². The van der Waals surface area contributed by atoms with Crippen molar-refractivity contribution in [3.05, 3.63) is 95.1 Å². The Bertz CT molecular complexity index is 1240. The van der Waals surface area contributed by atoms with Crippen LogP contribution in [0.15, 0.2) is 67.0 Å². The van der Waals surface area contributed by atoms with Gasteiger partial charge in [0.25, 0.3) is 0 Å². The minimum Gasteiger partial charge on any atom is -0.362 e. The standard InChI is InChI=1S/C28H30FN5OS/c29-22-7-8-25-21(15-22)14-19-4-1-2-6-23(19)26-17-33(12-13-34(25)26)11-10-31-27(35)24-18-36-28(32-24)20-5-3-9-30-16-20/h1-9,15-16,24,26,28,32H,10-14,17-18H2,(H,31,35)/t24-,26+,28?/m0/s1. The van der Waals surface area contributed by atoms with Crippen molar-refractivity contribution in [1.29, 1.82) is 0 Å². The summed E-state index contributed by atoms with van der Waals surface area (Å²) in [6, 6.07) is 17.7. The predicted molar refractivity (Wildman–Crippen MR) is 142 cm³/mol. The molecule has 2 aromatic carbocycles. The highest BCUT2D eigenvalue weighted by atomic mass is 32.2. The fraction of sp³-hybridized carbons (Fsp3) is 0.357. The quantitative estimate of drug-likeness (QED) is 0.556. The number of nitrogens with one attached hydrogen (secondary N) is 2. The van der Waals surface area contributed by atoms with Crippen molar-refractivity contribution in [2.45, 2.75) is 23.9 Å². The van der Waals surface area contributed by atoms with Gasteiger partial charge in [-0.25, -0.2) is 4.39 Å². The second kappa shape index (κ2) is 10.2. The number of hydrogen-bond acceptors (Lipinski definition) is 6. The van der Waals surface area contributed by atoms with Crippen LogP contribution in [0.4, 0.5) is 10.1 Å². The fourth-order valence-corrected chi connectivity index (χ4v) is 6.83. The van der Waals surface area contributed by atoms with Crippen molar-refractivity contribution in [1.82, 2.24) is 20.5 Å². The normalized spacial score (nSPS) is 23.4. The maximum Gasteiger partial charge on any atom is 0.238 e. The van der Waals surface area contributed by atoms with Gasteiger partial charge >= 0.3 is 0 Å². The Morgan fingerprint density at radius 3 is 2.94 bits per heavy atom. The molecule has 1 amide bonds. The van der Waals surface area contributed by atoms with E-state index >= 15 is 0 Å². The van der Waals surface area contributed by atoms with Crippen LogP contribution in [0.25, 0.3) is 0 Å². The highest BCUT2D eigenvalue weighted by molar-refractivity contribution is 7.99. The monoisotopic (exact) mass is 503 g/mol. The van der Waals surface area contributed by atoms with Crippen LogP contribution >= 0.6 is 11.8 Å². The lowest BCUT2D eigenvalue weighted by Gasteiger charge is -2.43. The molecule has 186 valence electrons. The number of rotatable bonds is 5. The molecule has 36 heavy (non-hydrogen) atoms. The van der Waals surface area contributed by atoms with Crippen LogP contribution in [-0.4, -0.2) is 60.3 Å². The van der Waals surface area contributed by atoms with Crippen LogP contribution in [0.1, 0.15) is 33.7 Å². The average molecular weight is 504 g/mol. The molecule has 6 rings (SSSR count). The number of nitrogens with zero attached hydrogens (tertiary/aromatic N) is 3. The molecule has 3 aliphatic rings.